The molecule has 2 aliphatic rings. The first-order chi connectivity index (χ1) is 15.9. The zero-order chi connectivity index (χ0) is 23.8. The number of fused-ring (bicyclic) bond motifs is 1. The number of β-amino-alcohol motifs (C(OH)–C–C–N with tert-alkyl or cyclic N) is 1. The summed E-state index contributed by atoms with van der Waals surface area (Å²) in [6.07, 6.45) is 5.44. The number of hydrogen-bond donors (Lipinski definition) is 2. The third-order valence-electron chi connectivity index (χ3n) is 5.98. The number of aryl methyl sites for hydroxylation is 1. The maximum absolute atomic E-state index is 12.7. The second-order valence-corrected chi connectivity index (χ2v) is 9.61. The van der Waals surface area contributed by atoms with Crippen molar-refractivity contribution in [1.29, 1.82) is 0 Å². The van der Waals surface area contributed by atoms with Gasteiger partial charge in [-0.3, -0.25) is 10.1 Å². The fourth-order valence-corrected chi connectivity index (χ4v) is 5.04. The van der Waals surface area contributed by atoms with Gasteiger partial charge in [-0.15, -0.1) is 0 Å². The number of likely N-dealkylation sites (N-methyl/N-ethyl adjacent to an activating group) is 1. The molecule has 182 valence electrons. The lowest BCUT2D eigenvalue weighted by molar-refractivity contribution is -0.127. The van der Waals surface area contributed by atoms with E-state index in [0.717, 1.165) is 25.0 Å². The number of thioether (sulfide) groups is 1. The Morgan fingerprint density at radius 1 is 1.15 bits per heavy atom. The number of aliphatic imine (C=N–C) groups is 1. The quantitative estimate of drug-likeness (QED) is 0.450. The number of rotatable bonds is 12. The molecule has 1 saturated heterocycles. The van der Waals surface area contributed by atoms with Gasteiger partial charge in [-0.2, -0.15) is 0 Å². The number of carbonyl (C=O) groups excluding carboxylic acids is 2. The number of aliphatic hydroxyl groups is 1. The van der Waals surface area contributed by atoms with Gasteiger partial charge in [0.05, 0.1) is 6.54 Å². The molecule has 3 unspecified atom stereocenters. The molecule has 2 aliphatic heterocycles. The summed E-state index contributed by atoms with van der Waals surface area (Å²) in [5, 5.41) is 13.8. The average molecular weight is 477 g/mol. The standard InChI is InChI=1S/C24H36N4O4S/c1-4-6-7-8-9-14-33-24-25-21-20(22(30)26-23(31)27(21)3)28(24)15-18(29)16-32-19-12-10-17(5-2)11-13-19/h10-13,18,20-21,29H,4-9,14-16H2,1-3H3,(H,26,30,31). The fraction of sp³-hybridized carbons (Fsp3) is 0.625. The first-order valence-corrected chi connectivity index (χ1v) is 12.9. The van der Waals surface area contributed by atoms with Crippen molar-refractivity contribution in [2.24, 2.45) is 4.99 Å². The molecule has 0 spiro atoms. The number of imide groups is 1. The van der Waals surface area contributed by atoms with Crippen LogP contribution < -0.4 is 10.1 Å². The topological polar surface area (TPSA) is 94.5 Å². The number of benzene rings is 1. The molecule has 8 nitrogen and oxygen atoms in total. The summed E-state index contributed by atoms with van der Waals surface area (Å²) < 4.78 is 5.76. The van der Waals surface area contributed by atoms with E-state index < -0.39 is 24.3 Å². The van der Waals surface area contributed by atoms with Gasteiger partial charge in [-0.05, 0) is 30.5 Å². The third kappa shape index (κ3) is 6.63. The van der Waals surface area contributed by atoms with Crippen LogP contribution in [0, 0.1) is 0 Å². The van der Waals surface area contributed by atoms with Gasteiger partial charge < -0.3 is 19.6 Å². The van der Waals surface area contributed by atoms with Gasteiger partial charge in [-0.25, -0.2) is 9.79 Å². The molecule has 0 radical (unpaired) electrons. The van der Waals surface area contributed by atoms with Gasteiger partial charge in [0.25, 0.3) is 5.91 Å². The minimum Gasteiger partial charge on any atom is -0.491 e. The Morgan fingerprint density at radius 3 is 2.58 bits per heavy atom. The van der Waals surface area contributed by atoms with Crippen LogP contribution in [0.4, 0.5) is 4.79 Å². The summed E-state index contributed by atoms with van der Waals surface area (Å²) in [4.78, 5) is 32.7. The van der Waals surface area contributed by atoms with Gasteiger partial charge in [0.2, 0.25) is 0 Å². The summed E-state index contributed by atoms with van der Waals surface area (Å²) in [6, 6.07) is 6.72. The van der Waals surface area contributed by atoms with Crippen LogP contribution >= 0.6 is 11.8 Å². The molecule has 1 aromatic rings. The Bertz CT molecular complexity index is 832. The zero-order valence-corrected chi connectivity index (χ0v) is 20.6. The van der Waals surface area contributed by atoms with Crippen molar-refractivity contribution in [2.45, 2.75) is 70.7 Å². The van der Waals surface area contributed by atoms with Crippen molar-refractivity contribution in [2.75, 3.05) is 26.0 Å². The van der Waals surface area contributed by atoms with Crippen LogP contribution in [0.25, 0.3) is 0 Å². The highest BCUT2D eigenvalue weighted by molar-refractivity contribution is 8.13. The van der Waals surface area contributed by atoms with Crippen LogP contribution in [-0.4, -0.2) is 76.3 Å². The molecule has 2 heterocycles. The second kappa shape index (κ2) is 12.3. The van der Waals surface area contributed by atoms with E-state index in [0.29, 0.717) is 10.9 Å². The van der Waals surface area contributed by atoms with Gasteiger partial charge in [0.15, 0.2) is 17.4 Å². The fourth-order valence-electron chi connectivity index (χ4n) is 3.98. The predicted octanol–water partition coefficient (Wildman–Crippen LogP) is 3.24. The summed E-state index contributed by atoms with van der Waals surface area (Å²) in [5.74, 6) is 1.20. The summed E-state index contributed by atoms with van der Waals surface area (Å²) in [7, 11) is 1.64. The maximum Gasteiger partial charge on any atom is 0.325 e. The number of unbranched alkanes of at least 4 members (excludes halogenated alkanes) is 4. The average Bonchev–Trinajstić information content (AvgIpc) is 3.17. The minimum absolute atomic E-state index is 0.102. The Hall–Kier alpha value is -2.26. The number of ether oxygens (including phenoxy) is 1. The number of urea groups is 1. The van der Waals surface area contributed by atoms with Crippen molar-refractivity contribution in [3.8, 4) is 5.75 Å². The molecule has 33 heavy (non-hydrogen) atoms. The van der Waals surface area contributed by atoms with Crippen LogP contribution in [0.15, 0.2) is 29.3 Å². The first kappa shape index (κ1) is 25.4. The Labute approximate surface area is 200 Å². The lowest BCUT2D eigenvalue weighted by Gasteiger charge is -2.36. The molecule has 0 aromatic heterocycles. The van der Waals surface area contributed by atoms with E-state index in [4.69, 9.17) is 9.73 Å². The maximum atomic E-state index is 12.7. The predicted molar refractivity (Wildman–Crippen MR) is 132 cm³/mol. The van der Waals surface area contributed by atoms with E-state index in [1.807, 2.05) is 29.2 Å². The molecule has 0 bridgehead atoms. The highest BCUT2D eigenvalue weighted by Gasteiger charge is 2.48. The van der Waals surface area contributed by atoms with Gasteiger partial charge in [-0.1, -0.05) is 63.4 Å². The molecule has 0 aliphatic carbocycles. The van der Waals surface area contributed by atoms with Crippen LogP contribution in [0.2, 0.25) is 0 Å². The molecule has 0 saturated carbocycles. The van der Waals surface area contributed by atoms with E-state index >= 15 is 0 Å². The van der Waals surface area contributed by atoms with Crippen molar-refractivity contribution < 1.29 is 19.4 Å². The molecular weight excluding hydrogens is 440 g/mol. The van der Waals surface area contributed by atoms with E-state index in [9.17, 15) is 14.7 Å². The molecule has 3 amide bonds. The van der Waals surface area contributed by atoms with E-state index in [2.05, 4.69) is 19.2 Å². The van der Waals surface area contributed by atoms with Crippen LogP contribution in [0.3, 0.4) is 0 Å². The molecule has 9 heteroatoms. The lowest BCUT2D eigenvalue weighted by atomic mass is 10.1. The molecule has 3 atom stereocenters. The smallest absolute Gasteiger partial charge is 0.325 e. The van der Waals surface area contributed by atoms with E-state index in [-0.39, 0.29) is 19.1 Å². The molecule has 1 fully saturated rings. The summed E-state index contributed by atoms with van der Waals surface area (Å²) in [6.45, 7) is 4.59. The van der Waals surface area contributed by atoms with Gasteiger partial charge >= 0.3 is 6.03 Å². The monoisotopic (exact) mass is 476 g/mol. The number of nitrogens with zero attached hydrogens (tertiary/aromatic N) is 3. The number of nitrogens with one attached hydrogen (secondary N) is 1. The van der Waals surface area contributed by atoms with E-state index in [1.54, 1.807) is 18.8 Å². The third-order valence-corrected chi connectivity index (χ3v) is 7.07. The normalized spacial score (nSPS) is 21.0. The van der Waals surface area contributed by atoms with Crippen molar-refractivity contribution in [3.05, 3.63) is 29.8 Å². The number of aliphatic hydroxyl groups excluding tert-OH is 1. The summed E-state index contributed by atoms with van der Waals surface area (Å²) >= 11 is 1.59. The number of hydrogen-bond acceptors (Lipinski definition) is 7. The largest absolute Gasteiger partial charge is 0.491 e. The number of carbonyl (C=O) groups is 2. The van der Waals surface area contributed by atoms with Crippen LogP contribution in [0.1, 0.15) is 51.5 Å². The molecule has 2 N–H and O–H groups in total. The first-order valence-electron chi connectivity index (χ1n) is 11.9. The number of amides is 3. The molecule has 1 aromatic carbocycles. The van der Waals surface area contributed by atoms with Crippen molar-refractivity contribution >= 4 is 28.9 Å². The minimum atomic E-state index is -0.819. The molecular formula is C24H36N4O4S. The second-order valence-electron chi connectivity index (χ2n) is 8.55. The Balaban J connectivity index is 1.61. The van der Waals surface area contributed by atoms with Gasteiger partial charge in [0, 0.05) is 12.8 Å². The SMILES string of the molecule is CCCCCCCSC1=NC2C(C(=O)NC(=O)N2C)N1CC(O)COc1ccc(CC)cc1. The van der Waals surface area contributed by atoms with E-state index in [1.165, 1.54) is 29.7 Å². The highest BCUT2D eigenvalue weighted by atomic mass is 32.2. The zero-order valence-electron chi connectivity index (χ0n) is 19.8. The van der Waals surface area contributed by atoms with Crippen molar-refractivity contribution in [1.82, 2.24) is 15.1 Å². The van der Waals surface area contributed by atoms with Gasteiger partial charge in [0.1, 0.15) is 18.5 Å². The Morgan fingerprint density at radius 2 is 1.88 bits per heavy atom. The van der Waals surface area contributed by atoms with Crippen molar-refractivity contribution in [3.63, 3.8) is 0 Å². The molecule has 3 rings (SSSR count). The van der Waals surface area contributed by atoms with Crippen LogP contribution in [0.5, 0.6) is 5.75 Å². The summed E-state index contributed by atoms with van der Waals surface area (Å²) in [5.41, 5.74) is 1.22. The Kier molecular flexibility index (Phi) is 9.43. The lowest BCUT2D eigenvalue weighted by Crippen LogP contribution is -2.64. The van der Waals surface area contributed by atoms with Crippen LogP contribution in [-0.2, 0) is 11.2 Å². The number of amidine groups is 1. The highest BCUT2D eigenvalue weighted by Crippen LogP contribution is 2.29.